The third-order valence-corrected chi connectivity index (χ3v) is 2.35. The van der Waals surface area contributed by atoms with Gasteiger partial charge in [-0.1, -0.05) is 37.5 Å². The number of aliphatic hydroxyl groups is 1. The number of aryl methyl sites for hydroxylation is 1. The molecule has 0 amide bonds. The lowest BCUT2D eigenvalue weighted by Gasteiger charge is -2.11. The van der Waals surface area contributed by atoms with Crippen LogP contribution in [0.3, 0.4) is 0 Å². The van der Waals surface area contributed by atoms with Crippen molar-refractivity contribution in [3.63, 3.8) is 0 Å². The first kappa shape index (κ1) is 12.1. The number of unbranched alkanes of at least 4 members (excludes halogenated alkanes) is 1. The molecule has 1 aromatic rings. The summed E-state index contributed by atoms with van der Waals surface area (Å²) in [7, 11) is 0. The number of hydrogen-bond donors (Lipinski definition) is 1. The van der Waals surface area contributed by atoms with E-state index in [1.54, 1.807) is 0 Å². The average molecular weight is 208 g/mol. The Morgan fingerprint density at radius 3 is 2.53 bits per heavy atom. The first-order chi connectivity index (χ1) is 7.22. The smallest absolute Gasteiger partial charge is 0.119 e. The summed E-state index contributed by atoms with van der Waals surface area (Å²) < 4.78 is 5.47. The number of hydrogen-bond acceptors (Lipinski definition) is 2. The van der Waals surface area contributed by atoms with E-state index in [0.717, 1.165) is 25.0 Å². The fraction of sp³-hybridized carbons (Fsp3) is 0.538. The van der Waals surface area contributed by atoms with Crippen molar-refractivity contribution in [1.29, 1.82) is 0 Å². The van der Waals surface area contributed by atoms with Crippen LogP contribution in [-0.4, -0.2) is 17.8 Å². The van der Waals surface area contributed by atoms with Gasteiger partial charge in [-0.2, -0.15) is 0 Å². The molecule has 0 saturated carbocycles. The molecule has 0 spiro atoms. The Bertz CT molecular complexity index is 266. The predicted molar refractivity (Wildman–Crippen MR) is 62.2 cm³/mol. The van der Waals surface area contributed by atoms with Gasteiger partial charge >= 0.3 is 0 Å². The molecule has 1 aromatic carbocycles. The lowest BCUT2D eigenvalue weighted by atomic mass is 10.2. The molecule has 1 atom stereocenters. The molecule has 0 aliphatic carbocycles. The summed E-state index contributed by atoms with van der Waals surface area (Å²) in [5.74, 6) is 0.830. The van der Waals surface area contributed by atoms with Crippen LogP contribution in [0.25, 0.3) is 0 Å². The normalized spacial score (nSPS) is 12.5. The van der Waals surface area contributed by atoms with E-state index < -0.39 is 0 Å². The van der Waals surface area contributed by atoms with Gasteiger partial charge in [-0.15, -0.1) is 0 Å². The van der Waals surface area contributed by atoms with E-state index in [2.05, 4.69) is 6.92 Å². The van der Waals surface area contributed by atoms with Gasteiger partial charge in [-0.25, -0.2) is 0 Å². The second kappa shape index (κ2) is 6.46. The molecule has 0 unspecified atom stereocenters. The molecule has 2 heteroatoms. The van der Waals surface area contributed by atoms with Gasteiger partial charge in [0.15, 0.2) is 0 Å². The highest BCUT2D eigenvalue weighted by Crippen LogP contribution is 2.12. The molecule has 0 bridgehead atoms. The number of benzene rings is 1. The fourth-order valence-corrected chi connectivity index (χ4v) is 1.35. The molecule has 0 fully saturated rings. The number of ether oxygens (including phenoxy) is 1. The molecular weight excluding hydrogens is 188 g/mol. The van der Waals surface area contributed by atoms with E-state index in [4.69, 9.17) is 4.74 Å². The lowest BCUT2D eigenvalue weighted by molar-refractivity contribution is 0.0980. The van der Waals surface area contributed by atoms with Crippen LogP contribution in [0.15, 0.2) is 24.3 Å². The van der Waals surface area contributed by atoms with Crippen molar-refractivity contribution < 1.29 is 9.84 Å². The van der Waals surface area contributed by atoms with Gasteiger partial charge in [0, 0.05) is 0 Å². The second-order valence-electron chi connectivity index (χ2n) is 3.92. The molecular formula is C13H20O2. The monoisotopic (exact) mass is 208 g/mol. The van der Waals surface area contributed by atoms with Crippen LogP contribution in [0.2, 0.25) is 0 Å². The molecule has 84 valence electrons. The molecule has 2 nitrogen and oxygen atoms in total. The summed E-state index contributed by atoms with van der Waals surface area (Å²) in [6, 6.07) is 7.88. The number of aliphatic hydroxyl groups excluding tert-OH is 1. The summed E-state index contributed by atoms with van der Waals surface area (Å²) in [6.45, 7) is 4.55. The van der Waals surface area contributed by atoms with E-state index in [1.165, 1.54) is 5.56 Å². The van der Waals surface area contributed by atoms with Gasteiger partial charge in [0.05, 0.1) is 6.10 Å². The summed E-state index contributed by atoms with van der Waals surface area (Å²) >= 11 is 0. The van der Waals surface area contributed by atoms with Gasteiger partial charge in [-0.05, 0) is 25.5 Å². The zero-order chi connectivity index (χ0) is 11.1. The second-order valence-corrected chi connectivity index (χ2v) is 3.92. The Morgan fingerprint density at radius 1 is 1.27 bits per heavy atom. The standard InChI is InChI=1S/C13H20O2/c1-3-4-5-12(14)10-15-13-8-6-11(2)7-9-13/h6-9,12,14H,3-5,10H2,1-2H3/t12-/m0/s1. The van der Waals surface area contributed by atoms with Gasteiger partial charge in [0.25, 0.3) is 0 Å². The summed E-state index contributed by atoms with van der Waals surface area (Å²) in [5, 5.41) is 9.57. The van der Waals surface area contributed by atoms with E-state index in [0.29, 0.717) is 6.61 Å². The SMILES string of the molecule is CCCC[C@H](O)COc1ccc(C)cc1. The third kappa shape index (κ3) is 4.84. The van der Waals surface area contributed by atoms with Crippen molar-refractivity contribution in [3.8, 4) is 5.75 Å². The molecule has 0 aliphatic rings. The Labute approximate surface area is 91.9 Å². The minimum atomic E-state index is -0.341. The third-order valence-electron chi connectivity index (χ3n) is 2.35. The van der Waals surface area contributed by atoms with E-state index in [9.17, 15) is 5.11 Å². The molecule has 0 saturated heterocycles. The quantitative estimate of drug-likeness (QED) is 0.779. The average Bonchev–Trinajstić information content (AvgIpc) is 2.25. The minimum Gasteiger partial charge on any atom is -0.491 e. The Kier molecular flexibility index (Phi) is 5.19. The maximum absolute atomic E-state index is 9.57. The first-order valence-electron chi connectivity index (χ1n) is 5.60. The Hall–Kier alpha value is -1.02. The van der Waals surface area contributed by atoms with E-state index in [-0.39, 0.29) is 6.10 Å². The van der Waals surface area contributed by atoms with E-state index in [1.807, 2.05) is 31.2 Å². The highest BCUT2D eigenvalue weighted by molar-refractivity contribution is 5.26. The zero-order valence-electron chi connectivity index (χ0n) is 9.57. The van der Waals surface area contributed by atoms with Crippen LogP contribution in [-0.2, 0) is 0 Å². The van der Waals surface area contributed by atoms with Gasteiger partial charge in [-0.3, -0.25) is 0 Å². The maximum atomic E-state index is 9.57. The van der Waals surface area contributed by atoms with Gasteiger partial charge in [0.1, 0.15) is 12.4 Å². The Morgan fingerprint density at radius 2 is 1.93 bits per heavy atom. The van der Waals surface area contributed by atoms with Crippen LogP contribution in [0.5, 0.6) is 5.75 Å². The summed E-state index contributed by atoms with van der Waals surface area (Å²) in [6.07, 6.45) is 2.65. The maximum Gasteiger partial charge on any atom is 0.119 e. The Balaban J connectivity index is 2.27. The van der Waals surface area contributed by atoms with Crippen LogP contribution in [0.4, 0.5) is 0 Å². The molecule has 1 rings (SSSR count). The predicted octanol–water partition coefficient (Wildman–Crippen LogP) is 2.92. The van der Waals surface area contributed by atoms with Crippen molar-refractivity contribution in [2.75, 3.05) is 6.61 Å². The minimum absolute atomic E-state index is 0.341. The highest BCUT2D eigenvalue weighted by Gasteiger charge is 2.03. The summed E-state index contributed by atoms with van der Waals surface area (Å²) in [4.78, 5) is 0. The van der Waals surface area contributed by atoms with Crippen molar-refractivity contribution in [1.82, 2.24) is 0 Å². The van der Waals surface area contributed by atoms with E-state index >= 15 is 0 Å². The first-order valence-corrected chi connectivity index (χ1v) is 5.60. The fourth-order valence-electron chi connectivity index (χ4n) is 1.35. The molecule has 0 radical (unpaired) electrons. The van der Waals surface area contributed by atoms with Crippen LogP contribution < -0.4 is 4.74 Å². The largest absolute Gasteiger partial charge is 0.491 e. The van der Waals surface area contributed by atoms with Crippen molar-refractivity contribution in [2.24, 2.45) is 0 Å². The highest BCUT2D eigenvalue weighted by atomic mass is 16.5. The van der Waals surface area contributed by atoms with Crippen LogP contribution in [0, 0.1) is 6.92 Å². The van der Waals surface area contributed by atoms with Crippen molar-refractivity contribution >= 4 is 0 Å². The number of rotatable bonds is 6. The van der Waals surface area contributed by atoms with Gasteiger partial charge in [0.2, 0.25) is 0 Å². The van der Waals surface area contributed by atoms with Gasteiger partial charge < -0.3 is 9.84 Å². The molecule has 1 N–H and O–H groups in total. The lowest BCUT2D eigenvalue weighted by Crippen LogP contribution is -2.17. The van der Waals surface area contributed by atoms with Crippen molar-refractivity contribution in [2.45, 2.75) is 39.2 Å². The van der Waals surface area contributed by atoms with Crippen LogP contribution in [0.1, 0.15) is 31.7 Å². The topological polar surface area (TPSA) is 29.5 Å². The summed E-state index contributed by atoms with van der Waals surface area (Å²) in [5.41, 5.74) is 1.22. The molecule has 15 heavy (non-hydrogen) atoms. The molecule has 0 aliphatic heterocycles. The van der Waals surface area contributed by atoms with Crippen molar-refractivity contribution in [3.05, 3.63) is 29.8 Å². The molecule has 0 heterocycles. The molecule has 0 aromatic heterocycles. The van der Waals surface area contributed by atoms with Crippen LogP contribution >= 0.6 is 0 Å². The zero-order valence-corrected chi connectivity index (χ0v) is 9.57.